The second-order valence-electron chi connectivity index (χ2n) is 13.1. The summed E-state index contributed by atoms with van der Waals surface area (Å²) >= 11 is 0. The Balaban J connectivity index is 1.34. The first-order valence-corrected chi connectivity index (χ1v) is 16.0. The number of benzene rings is 8. The lowest BCUT2D eigenvalue weighted by molar-refractivity contribution is 1.30. The molecule has 0 radical (unpaired) electrons. The minimum atomic E-state index is 0.215. The maximum atomic E-state index is 2.57. The Morgan fingerprint density at radius 1 is 0.489 bits per heavy atom. The predicted molar refractivity (Wildman–Crippen MR) is 195 cm³/mol. The van der Waals surface area contributed by atoms with Gasteiger partial charge >= 0.3 is 0 Å². The van der Waals surface area contributed by atoms with E-state index >= 15 is 0 Å². The van der Waals surface area contributed by atoms with Gasteiger partial charge in [-0.25, -0.2) is 0 Å². The third-order valence-electron chi connectivity index (χ3n) is 10.5. The van der Waals surface area contributed by atoms with Crippen LogP contribution in [0.5, 0.6) is 0 Å². The molecule has 8 aromatic rings. The Kier molecular flexibility index (Phi) is 4.93. The molecule has 0 N–H and O–H groups in total. The molecule has 0 aliphatic carbocycles. The smallest absolute Gasteiger partial charge is 0.248 e. The zero-order chi connectivity index (χ0) is 30.0. The molecule has 2 aliphatic rings. The van der Waals surface area contributed by atoms with Crippen LogP contribution in [0.4, 0.5) is 17.1 Å². The molecule has 2 aliphatic heterocycles. The fraction of sp³-hybridized carbons (Fsp3) is 0.0698. The lowest BCUT2D eigenvalue weighted by Gasteiger charge is -2.37. The second-order valence-corrected chi connectivity index (χ2v) is 13.1. The number of rotatable bonds is 2. The normalized spacial score (nSPS) is 13.1. The van der Waals surface area contributed by atoms with Gasteiger partial charge in [0.1, 0.15) is 0 Å². The largest absolute Gasteiger partial charge is 0.311 e. The standard InChI is InChI=1S/C43H30BN/c1-25-21-26(2)40(27(3)22-25)31-23-34-32-11-4-5-12-35(32)44-36-13-6-7-14-38(36)45(39(24-31)43(34)44)37-20-18-30-16-15-28-9-8-10-29-17-19-33(37)42(30)41(28)29/h4-24H,1-3H3. The molecule has 2 heteroatoms. The summed E-state index contributed by atoms with van der Waals surface area (Å²) in [4.78, 5) is 2.57. The summed E-state index contributed by atoms with van der Waals surface area (Å²) in [6.45, 7) is 6.94. The molecule has 0 atom stereocenters. The Morgan fingerprint density at radius 2 is 1.16 bits per heavy atom. The lowest BCUT2D eigenvalue weighted by Crippen LogP contribution is -2.54. The van der Waals surface area contributed by atoms with Crippen molar-refractivity contribution in [3.8, 4) is 22.3 Å². The summed E-state index contributed by atoms with van der Waals surface area (Å²) in [5.74, 6) is 0. The van der Waals surface area contributed by atoms with Gasteiger partial charge in [0, 0.05) is 16.8 Å². The van der Waals surface area contributed by atoms with Crippen LogP contribution >= 0.6 is 0 Å². The van der Waals surface area contributed by atoms with Crippen LogP contribution in [-0.2, 0) is 0 Å². The van der Waals surface area contributed by atoms with Crippen molar-refractivity contribution < 1.29 is 0 Å². The Bertz CT molecular complexity index is 2500. The number of nitrogens with zero attached hydrogens (tertiary/aromatic N) is 1. The molecule has 0 unspecified atom stereocenters. The van der Waals surface area contributed by atoms with Crippen LogP contribution in [0.3, 0.4) is 0 Å². The number of aryl methyl sites for hydroxylation is 3. The van der Waals surface area contributed by atoms with E-state index in [1.165, 1.54) is 105 Å². The molecule has 8 aromatic carbocycles. The zero-order valence-electron chi connectivity index (χ0n) is 25.6. The predicted octanol–water partition coefficient (Wildman–Crippen LogP) is 9.46. The molecule has 0 saturated heterocycles. The first kappa shape index (κ1) is 25.0. The topological polar surface area (TPSA) is 3.24 Å². The highest BCUT2D eigenvalue weighted by atomic mass is 15.2. The van der Waals surface area contributed by atoms with Crippen molar-refractivity contribution in [3.05, 3.63) is 144 Å². The summed E-state index contributed by atoms with van der Waals surface area (Å²) in [5.41, 5.74) is 17.3. The van der Waals surface area contributed by atoms with Gasteiger partial charge in [0.15, 0.2) is 0 Å². The maximum absolute atomic E-state index is 2.57. The van der Waals surface area contributed by atoms with Crippen LogP contribution < -0.4 is 21.3 Å². The fourth-order valence-corrected chi connectivity index (χ4v) is 8.84. The van der Waals surface area contributed by atoms with E-state index in [1.807, 2.05) is 0 Å². The molecule has 0 fully saturated rings. The van der Waals surface area contributed by atoms with E-state index < -0.39 is 0 Å². The molecule has 0 amide bonds. The lowest BCUT2D eigenvalue weighted by atomic mass is 9.37. The first-order chi connectivity index (χ1) is 22.1. The van der Waals surface area contributed by atoms with Crippen LogP contribution in [0, 0.1) is 20.8 Å². The van der Waals surface area contributed by atoms with E-state index in [9.17, 15) is 0 Å². The number of fused-ring (bicyclic) bond motifs is 5. The third-order valence-corrected chi connectivity index (χ3v) is 10.5. The molecule has 0 spiro atoms. The van der Waals surface area contributed by atoms with Crippen molar-refractivity contribution in [3.63, 3.8) is 0 Å². The third kappa shape index (κ3) is 3.29. The van der Waals surface area contributed by atoms with Crippen LogP contribution in [0.15, 0.2) is 127 Å². The summed E-state index contributed by atoms with van der Waals surface area (Å²) < 4.78 is 0. The summed E-state index contributed by atoms with van der Waals surface area (Å²) in [5, 5.41) is 7.88. The van der Waals surface area contributed by atoms with Crippen molar-refractivity contribution >= 4 is 72.5 Å². The van der Waals surface area contributed by atoms with Gasteiger partial charge in [0.05, 0.1) is 5.69 Å². The van der Waals surface area contributed by atoms with Gasteiger partial charge in [-0.2, -0.15) is 0 Å². The molecule has 0 saturated carbocycles. The summed E-state index contributed by atoms with van der Waals surface area (Å²) in [6.07, 6.45) is 0. The molecule has 0 bridgehead atoms. The van der Waals surface area contributed by atoms with E-state index in [2.05, 4.69) is 153 Å². The Hall–Kier alpha value is -5.34. The van der Waals surface area contributed by atoms with Gasteiger partial charge in [-0.15, -0.1) is 0 Å². The Labute approximate surface area is 263 Å². The molecule has 210 valence electrons. The second kappa shape index (κ2) is 8.86. The maximum Gasteiger partial charge on any atom is 0.248 e. The summed E-state index contributed by atoms with van der Waals surface area (Å²) in [7, 11) is 0. The van der Waals surface area contributed by atoms with Crippen molar-refractivity contribution in [2.75, 3.05) is 4.90 Å². The van der Waals surface area contributed by atoms with E-state index in [0.29, 0.717) is 0 Å². The number of hydrogen-bond donors (Lipinski definition) is 0. The van der Waals surface area contributed by atoms with Gasteiger partial charge in [-0.05, 0) is 116 Å². The highest BCUT2D eigenvalue weighted by Gasteiger charge is 2.42. The molecule has 10 rings (SSSR count). The van der Waals surface area contributed by atoms with Gasteiger partial charge < -0.3 is 4.90 Å². The minimum Gasteiger partial charge on any atom is -0.311 e. The molecular weight excluding hydrogens is 541 g/mol. The van der Waals surface area contributed by atoms with E-state index in [4.69, 9.17) is 0 Å². The monoisotopic (exact) mass is 571 g/mol. The number of anilines is 3. The van der Waals surface area contributed by atoms with Crippen LogP contribution in [0.25, 0.3) is 54.6 Å². The van der Waals surface area contributed by atoms with Crippen molar-refractivity contribution in [1.29, 1.82) is 0 Å². The highest BCUT2D eigenvalue weighted by Crippen LogP contribution is 2.47. The van der Waals surface area contributed by atoms with Crippen molar-refractivity contribution in [2.24, 2.45) is 0 Å². The van der Waals surface area contributed by atoms with Gasteiger partial charge in [0.2, 0.25) is 6.71 Å². The van der Waals surface area contributed by atoms with Gasteiger partial charge in [-0.3, -0.25) is 0 Å². The average Bonchev–Trinajstić information content (AvgIpc) is 3.39. The molecule has 45 heavy (non-hydrogen) atoms. The first-order valence-electron chi connectivity index (χ1n) is 16.0. The summed E-state index contributed by atoms with van der Waals surface area (Å²) in [6, 6.07) is 48.3. The molecule has 1 nitrogen and oxygen atoms in total. The van der Waals surface area contributed by atoms with E-state index in [0.717, 1.165) is 0 Å². The quantitative estimate of drug-likeness (QED) is 0.148. The highest BCUT2D eigenvalue weighted by molar-refractivity contribution is 7.01. The van der Waals surface area contributed by atoms with Crippen LogP contribution in [-0.4, -0.2) is 6.71 Å². The minimum absolute atomic E-state index is 0.215. The zero-order valence-corrected chi connectivity index (χ0v) is 25.6. The molecule has 0 aromatic heterocycles. The van der Waals surface area contributed by atoms with E-state index in [1.54, 1.807) is 0 Å². The van der Waals surface area contributed by atoms with Crippen LogP contribution in [0.2, 0.25) is 0 Å². The van der Waals surface area contributed by atoms with Gasteiger partial charge in [-0.1, -0.05) is 114 Å². The van der Waals surface area contributed by atoms with Gasteiger partial charge in [0.25, 0.3) is 0 Å². The molecular formula is C43H30BN. The number of para-hydroxylation sites is 1. The SMILES string of the molecule is Cc1cc(C)c(-c2cc3c4c(c2)N(c2ccc5ccc6cccc7ccc2c5c67)c2ccccc2B4c2ccccc2-3)c(C)c1. The fourth-order valence-electron chi connectivity index (χ4n) is 8.84. The Morgan fingerprint density at radius 3 is 1.96 bits per heavy atom. The van der Waals surface area contributed by atoms with Crippen molar-refractivity contribution in [1.82, 2.24) is 0 Å². The van der Waals surface area contributed by atoms with Crippen molar-refractivity contribution in [2.45, 2.75) is 20.8 Å². The number of hydrogen-bond acceptors (Lipinski definition) is 1. The van der Waals surface area contributed by atoms with E-state index in [-0.39, 0.29) is 6.71 Å². The average molecular weight is 572 g/mol. The molecule has 2 heterocycles. The van der Waals surface area contributed by atoms with Crippen LogP contribution in [0.1, 0.15) is 16.7 Å².